The molecule has 0 bridgehead atoms. The number of fused-ring (bicyclic) bond motifs is 1. The molecule has 0 atom stereocenters. The van der Waals surface area contributed by atoms with Crippen molar-refractivity contribution in [2.75, 3.05) is 5.73 Å². The number of benzene rings is 1. The molecular formula is C14H13F3N2O3. The van der Waals surface area contributed by atoms with Crippen molar-refractivity contribution in [1.29, 1.82) is 0 Å². The summed E-state index contributed by atoms with van der Waals surface area (Å²) in [7, 11) is 0. The van der Waals surface area contributed by atoms with Crippen molar-refractivity contribution in [3.63, 3.8) is 0 Å². The van der Waals surface area contributed by atoms with Crippen LogP contribution in [-0.2, 0) is 5.54 Å². The van der Waals surface area contributed by atoms with Gasteiger partial charge in [0.15, 0.2) is 17.5 Å². The average Bonchev–Trinajstić information content (AvgIpc) is 2.40. The third-order valence-corrected chi connectivity index (χ3v) is 3.26. The first-order chi connectivity index (χ1) is 9.98. The summed E-state index contributed by atoms with van der Waals surface area (Å²) in [6.45, 7) is 4.75. The van der Waals surface area contributed by atoms with E-state index in [0.717, 1.165) is 10.8 Å². The minimum atomic E-state index is -1.81. The van der Waals surface area contributed by atoms with Crippen molar-refractivity contribution in [2.45, 2.75) is 26.3 Å². The number of carboxylic acid groups (broad SMARTS) is 1. The van der Waals surface area contributed by atoms with Gasteiger partial charge < -0.3 is 15.4 Å². The molecule has 118 valence electrons. The van der Waals surface area contributed by atoms with Crippen molar-refractivity contribution >= 4 is 22.6 Å². The topological polar surface area (TPSA) is 85.3 Å². The van der Waals surface area contributed by atoms with Crippen molar-refractivity contribution in [3.05, 3.63) is 39.4 Å². The summed E-state index contributed by atoms with van der Waals surface area (Å²) in [4.78, 5) is 23.3. The lowest BCUT2D eigenvalue weighted by Gasteiger charge is -2.26. The molecule has 5 nitrogen and oxygen atoms in total. The fourth-order valence-electron chi connectivity index (χ4n) is 2.19. The number of hydrogen-bond acceptors (Lipinski definition) is 3. The second-order valence-electron chi connectivity index (χ2n) is 5.80. The summed E-state index contributed by atoms with van der Waals surface area (Å²) in [5.74, 6) is -6.70. The lowest BCUT2D eigenvalue weighted by molar-refractivity contribution is 0.0694. The van der Waals surface area contributed by atoms with Crippen LogP contribution in [0.15, 0.2) is 11.0 Å². The molecule has 22 heavy (non-hydrogen) atoms. The SMILES string of the molecule is CC(C)(C)n1cc(C(=O)O)c(=O)c2c(N)c(F)c(F)c(F)c21. The molecule has 1 aromatic heterocycles. The van der Waals surface area contributed by atoms with Gasteiger partial charge in [-0.3, -0.25) is 4.79 Å². The van der Waals surface area contributed by atoms with E-state index >= 15 is 0 Å². The largest absolute Gasteiger partial charge is 0.477 e. The maximum atomic E-state index is 14.2. The van der Waals surface area contributed by atoms with E-state index in [9.17, 15) is 22.8 Å². The minimum absolute atomic E-state index is 0.570. The predicted molar refractivity (Wildman–Crippen MR) is 74.4 cm³/mol. The molecule has 2 aromatic rings. The molecule has 0 radical (unpaired) electrons. The lowest BCUT2D eigenvalue weighted by atomic mass is 10.0. The normalized spacial score (nSPS) is 11.9. The van der Waals surface area contributed by atoms with Crippen LogP contribution in [0.4, 0.5) is 18.9 Å². The van der Waals surface area contributed by atoms with E-state index in [1.54, 1.807) is 20.8 Å². The van der Waals surface area contributed by atoms with E-state index in [1.807, 2.05) is 0 Å². The van der Waals surface area contributed by atoms with E-state index in [0.29, 0.717) is 0 Å². The monoisotopic (exact) mass is 314 g/mol. The molecule has 3 N–H and O–H groups in total. The third kappa shape index (κ3) is 2.11. The van der Waals surface area contributed by atoms with Crippen molar-refractivity contribution in [3.8, 4) is 0 Å². The van der Waals surface area contributed by atoms with E-state index in [-0.39, 0.29) is 0 Å². The van der Waals surface area contributed by atoms with Gasteiger partial charge in [0.1, 0.15) is 5.56 Å². The van der Waals surface area contributed by atoms with Crippen LogP contribution in [0.1, 0.15) is 31.1 Å². The molecule has 8 heteroatoms. The Morgan fingerprint density at radius 2 is 1.73 bits per heavy atom. The van der Waals surface area contributed by atoms with Gasteiger partial charge in [0.2, 0.25) is 5.43 Å². The second-order valence-corrected chi connectivity index (χ2v) is 5.80. The van der Waals surface area contributed by atoms with Crippen molar-refractivity contribution < 1.29 is 23.1 Å². The second kappa shape index (κ2) is 4.75. The molecule has 0 unspecified atom stereocenters. The molecule has 2 rings (SSSR count). The first-order valence-electron chi connectivity index (χ1n) is 6.23. The zero-order chi connectivity index (χ0) is 17.0. The summed E-state index contributed by atoms with van der Waals surface area (Å²) in [6, 6.07) is 0. The Kier molecular flexibility index (Phi) is 3.43. The Bertz CT molecular complexity index is 867. The smallest absolute Gasteiger partial charge is 0.341 e. The molecule has 0 aliphatic carbocycles. The van der Waals surface area contributed by atoms with Gasteiger partial charge in [-0.15, -0.1) is 0 Å². The molecule has 0 spiro atoms. The van der Waals surface area contributed by atoms with Gasteiger partial charge in [-0.25, -0.2) is 18.0 Å². The van der Waals surface area contributed by atoms with Gasteiger partial charge >= 0.3 is 5.97 Å². The zero-order valence-corrected chi connectivity index (χ0v) is 12.0. The highest BCUT2D eigenvalue weighted by Crippen LogP contribution is 2.31. The van der Waals surface area contributed by atoms with E-state index in [2.05, 4.69) is 0 Å². The third-order valence-electron chi connectivity index (χ3n) is 3.26. The fourth-order valence-corrected chi connectivity index (χ4v) is 2.19. The number of carboxylic acids is 1. The van der Waals surface area contributed by atoms with Crippen molar-refractivity contribution in [2.24, 2.45) is 0 Å². The van der Waals surface area contributed by atoms with Gasteiger partial charge in [0.05, 0.1) is 16.6 Å². The fraction of sp³-hybridized carbons (Fsp3) is 0.286. The van der Waals surface area contributed by atoms with Gasteiger partial charge in [0.25, 0.3) is 0 Å². The molecular weight excluding hydrogens is 301 g/mol. The number of nitrogen functional groups attached to an aromatic ring is 1. The summed E-state index contributed by atoms with van der Waals surface area (Å²) >= 11 is 0. The standard InChI is InChI=1S/C14H13F3N2O3/c1-14(2,3)19-4-5(13(21)22)12(20)6-10(18)8(16)7(15)9(17)11(6)19/h4H,18H2,1-3H3,(H,21,22). The Labute approximate surface area is 122 Å². The summed E-state index contributed by atoms with van der Waals surface area (Å²) in [5.41, 5.74) is 1.11. The highest BCUT2D eigenvalue weighted by atomic mass is 19.2. The molecule has 0 aliphatic rings. The number of aromatic nitrogens is 1. The van der Waals surface area contributed by atoms with Crippen LogP contribution in [0.2, 0.25) is 0 Å². The van der Waals surface area contributed by atoms with Crippen LogP contribution in [0, 0.1) is 17.5 Å². The predicted octanol–water partition coefficient (Wildman–Crippen LogP) is 2.45. The van der Waals surface area contributed by atoms with Crippen LogP contribution in [-0.4, -0.2) is 15.6 Å². The van der Waals surface area contributed by atoms with Gasteiger partial charge in [-0.2, -0.15) is 0 Å². The van der Waals surface area contributed by atoms with E-state index in [4.69, 9.17) is 10.8 Å². The number of rotatable bonds is 1. The summed E-state index contributed by atoms with van der Waals surface area (Å²) in [6.07, 6.45) is 0.896. The highest BCUT2D eigenvalue weighted by Gasteiger charge is 2.28. The zero-order valence-electron chi connectivity index (χ0n) is 12.0. The van der Waals surface area contributed by atoms with Crippen LogP contribution in [0.25, 0.3) is 10.9 Å². The molecule has 1 heterocycles. The van der Waals surface area contributed by atoms with E-state index in [1.165, 1.54) is 0 Å². The highest BCUT2D eigenvalue weighted by molar-refractivity contribution is 5.97. The van der Waals surface area contributed by atoms with Crippen LogP contribution < -0.4 is 11.2 Å². The quantitative estimate of drug-likeness (QED) is 0.625. The minimum Gasteiger partial charge on any atom is -0.477 e. The van der Waals surface area contributed by atoms with Crippen LogP contribution >= 0.6 is 0 Å². The number of anilines is 1. The maximum absolute atomic E-state index is 14.2. The molecule has 0 aliphatic heterocycles. The Morgan fingerprint density at radius 3 is 2.18 bits per heavy atom. The first kappa shape index (κ1) is 15.9. The molecule has 1 aromatic carbocycles. The molecule has 0 fully saturated rings. The summed E-state index contributed by atoms with van der Waals surface area (Å²) < 4.78 is 42.5. The maximum Gasteiger partial charge on any atom is 0.341 e. The Morgan fingerprint density at radius 1 is 1.18 bits per heavy atom. The number of halogens is 3. The van der Waals surface area contributed by atoms with Crippen LogP contribution in [0.5, 0.6) is 0 Å². The van der Waals surface area contributed by atoms with Crippen LogP contribution in [0.3, 0.4) is 0 Å². The molecule has 0 saturated carbocycles. The Balaban J connectivity index is 3.25. The van der Waals surface area contributed by atoms with Gasteiger partial charge in [-0.05, 0) is 20.8 Å². The number of carbonyl (C=O) groups is 1. The van der Waals surface area contributed by atoms with Gasteiger partial charge in [-0.1, -0.05) is 0 Å². The number of hydrogen-bond donors (Lipinski definition) is 2. The molecule has 0 amide bonds. The number of nitrogens with zero attached hydrogens (tertiary/aromatic N) is 1. The first-order valence-corrected chi connectivity index (χ1v) is 6.23. The number of aromatic carboxylic acids is 1. The molecule has 0 saturated heterocycles. The number of nitrogens with two attached hydrogens (primary N) is 1. The summed E-state index contributed by atoms with van der Waals surface area (Å²) in [5, 5.41) is 8.39. The average molecular weight is 314 g/mol. The Hall–Kier alpha value is -2.51. The lowest BCUT2D eigenvalue weighted by Crippen LogP contribution is -2.29. The van der Waals surface area contributed by atoms with Gasteiger partial charge in [0, 0.05) is 11.7 Å². The number of pyridine rings is 1. The van der Waals surface area contributed by atoms with E-state index < -0.39 is 56.5 Å². The van der Waals surface area contributed by atoms with Crippen molar-refractivity contribution in [1.82, 2.24) is 4.57 Å².